The molecule has 5 heteroatoms. The van der Waals surface area contributed by atoms with Gasteiger partial charge in [-0.15, -0.1) is 0 Å². The molecule has 5 nitrogen and oxygen atoms in total. The quantitative estimate of drug-likeness (QED) is 0.940. The van der Waals surface area contributed by atoms with Crippen molar-refractivity contribution in [3.05, 3.63) is 41.0 Å². The van der Waals surface area contributed by atoms with Gasteiger partial charge in [0.25, 0.3) is 0 Å². The molecule has 0 fully saturated rings. The Balaban J connectivity index is 1.58. The molecule has 0 radical (unpaired) electrons. The average molecular weight is 314 g/mol. The number of phenols is 1. The van der Waals surface area contributed by atoms with Gasteiger partial charge in [-0.05, 0) is 42.2 Å². The van der Waals surface area contributed by atoms with Gasteiger partial charge >= 0.3 is 0 Å². The summed E-state index contributed by atoms with van der Waals surface area (Å²) in [5.74, 6) is 3.17. The summed E-state index contributed by atoms with van der Waals surface area (Å²) in [4.78, 5) is 0. The number of aromatic hydroxyl groups is 1. The number of benzene rings is 2. The average Bonchev–Trinajstić information content (AvgIpc) is 3.21. The van der Waals surface area contributed by atoms with Crippen LogP contribution in [0, 0.1) is 0 Å². The van der Waals surface area contributed by atoms with Crippen LogP contribution in [0.3, 0.4) is 0 Å². The standard InChI is InChI=1S/C18H18O5/c1-20-17-12(9-14(19)18-13(17)6-7-21-18)4-2-11-3-5-15-16(8-11)23-10-22-15/h3,5,8-9,19H,2,4,6-7,10H2,1H3. The third-order valence-electron chi connectivity index (χ3n) is 4.31. The predicted molar refractivity (Wildman–Crippen MR) is 83.8 cm³/mol. The van der Waals surface area contributed by atoms with Crippen molar-refractivity contribution < 1.29 is 24.1 Å². The van der Waals surface area contributed by atoms with E-state index in [0.29, 0.717) is 12.4 Å². The summed E-state index contributed by atoms with van der Waals surface area (Å²) < 4.78 is 21.8. The largest absolute Gasteiger partial charge is 0.504 e. The van der Waals surface area contributed by atoms with Crippen molar-refractivity contribution in [2.24, 2.45) is 0 Å². The first-order valence-corrected chi connectivity index (χ1v) is 7.69. The maximum atomic E-state index is 10.1. The molecule has 0 unspecified atom stereocenters. The van der Waals surface area contributed by atoms with Crippen molar-refractivity contribution in [2.45, 2.75) is 19.3 Å². The highest BCUT2D eigenvalue weighted by Gasteiger charge is 2.24. The lowest BCUT2D eigenvalue weighted by Crippen LogP contribution is -1.99. The Morgan fingerprint density at radius 1 is 1.09 bits per heavy atom. The van der Waals surface area contributed by atoms with E-state index in [9.17, 15) is 5.11 Å². The monoisotopic (exact) mass is 314 g/mol. The number of aryl methyl sites for hydroxylation is 2. The molecule has 0 aromatic heterocycles. The maximum Gasteiger partial charge on any atom is 0.231 e. The van der Waals surface area contributed by atoms with Gasteiger partial charge in [0.2, 0.25) is 6.79 Å². The summed E-state index contributed by atoms with van der Waals surface area (Å²) in [5.41, 5.74) is 3.12. The molecular formula is C18H18O5. The molecule has 2 aromatic rings. The first kappa shape index (κ1) is 14.1. The third-order valence-corrected chi connectivity index (χ3v) is 4.31. The van der Waals surface area contributed by atoms with Crippen molar-refractivity contribution in [2.75, 3.05) is 20.5 Å². The zero-order valence-electron chi connectivity index (χ0n) is 12.9. The predicted octanol–water partition coefficient (Wildman–Crippen LogP) is 2.85. The van der Waals surface area contributed by atoms with E-state index < -0.39 is 0 Å². The van der Waals surface area contributed by atoms with E-state index in [-0.39, 0.29) is 12.5 Å². The molecule has 2 heterocycles. The topological polar surface area (TPSA) is 57.2 Å². The minimum atomic E-state index is 0.194. The normalized spacial score (nSPS) is 14.5. The zero-order valence-corrected chi connectivity index (χ0v) is 12.9. The van der Waals surface area contributed by atoms with Crippen molar-refractivity contribution in [1.82, 2.24) is 0 Å². The second-order valence-electron chi connectivity index (χ2n) is 5.68. The van der Waals surface area contributed by atoms with Gasteiger partial charge in [-0.1, -0.05) is 6.07 Å². The Labute approximate surface area is 134 Å². The molecule has 0 saturated heterocycles. The zero-order chi connectivity index (χ0) is 15.8. The van der Waals surface area contributed by atoms with E-state index in [1.165, 1.54) is 0 Å². The van der Waals surface area contributed by atoms with Crippen LogP contribution < -0.4 is 18.9 Å². The van der Waals surface area contributed by atoms with Gasteiger partial charge in [-0.2, -0.15) is 0 Å². The SMILES string of the molecule is COc1c(CCc2ccc3c(c2)OCO3)cc(O)c2c1CCO2. The Kier molecular flexibility index (Phi) is 3.41. The van der Waals surface area contributed by atoms with Gasteiger partial charge in [0.1, 0.15) is 5.75 Å². The van der Waals surface area contributed by atoms with Crippen LogP contribution in [0.25, 0.3) is 0 Å². The molecule has 0 aliphatic carbocycles. The van der Waals surface area contributed by atoms with Crippen molar-refractivity contribution in [3.8, 4) is 28.7 Å². The van der Waals surface area contributed by atoms with Gasteiger partial charge in [-0.25, -0.2) is 0 Å². The first-order valence-electron chi connectivity index (χ1n) is 7.69. The summed E-state index contributed by atoms with van der Waals surface area (Å²) in [7, 11) is 1.66. The minimum absolute atomic E-state index is 0.194. The molecule has 1 N–H and O–H groups in total. The number of hydrogen-bond acceptors (Lipinski definition) is 5. The van der Waals surface area contributed by atoms with Crippen LogP contribution in [0.15, 0.2) is 24.3 Å². The summed E-state index contributed by atoms with van der Waals surface area (Å²) in [5, 5.41) is 10.1. The number of ether oxygens (including phenoxy) is 4. The van der Waals surface area contributed by atoms with Crippen LogP contribution in [0.4, 0.5) is 0 Å². The number of fused-ring (bicyclic) bond motifs is 2. The molecule has 0 amide bonds. The molecule has 2 aliphatic rings. The molecular weight excluding hydrogens is 296 g/mol. The number of phenolic OH excluding ortho intramolecular Hbond substituents is 1. The van der Waals surface area contributed by atoms with E-state index in [0.717, 1.165) is 53.2 Å². The lowest BCUT2D eigenvalue weighted by Gasteiger charge is -2.14. The molecule has 0 spiro atoms. The van der Waals surface area contributed by atoms with E-state index in [2.05, 4.69) is 0 Å². The fraction of sp³-hybridized carbons (Fsp3) is 0.333. The van der Waals surface area contributed by atoms with Crippen LogP contribution in [-0.2, 0) is 19.3 Å². The highest BCUT2D eigenvalue weighted by atomic mass is 16.7. The Morgan fingerprint density at radius 2 is 1.96 bits per heavy atom. The number of rotatable bonds is 4. The highest BCUT2D eigenvalue weighted by Crippen LogP contribution is 2.43. The van der Waals surface area contributed by atoms with Crippen LogP contribution in [0.2, 0.25) is 0 Å². The van der Waals surface area contributed by atoms with Crippen LogP contribution in [0.1, 0.15) is 16.7 Å². The Morgan fingerprint density at radius 3 is 2.83 bits per heavy atom. The third kappa shape index (κ3) is 2.42. The first-order chi connectivity index (χ1) is 11.3. The maximum absolute atomic E-state index is 10.1. The fourth-order valence-corrected chi connectivity index (χ4v) is 3.21. The molecule has 0 saturated carbocycles. The number of hydrogen-bond donors (Lipinski definition) is 1. The second kappa shape index (κ2) is 5.57. The smallest absolute Gasteiger partial charge is 0.231 e. The molecule has 0 bridgehead atoms. The molecule has 23 heavy (non-hydrogen) atoms. The summed E-state index contributed by atoms with van der Waals surface area (Å²) in [6.07, 6.45) is 2.36. The molecule has 2 aromatic carbocycles. The van der Waals surface area contributed by atoms with Gasteiger partial charge in [0, 0.05) is 12.0 Å². The highest BCUT2D eigenvalue weighted by molar-refractivity contribution is 5.59. The van der Waals surface area contributed by atoms with Crippen LogP contribution in [0.5, 0.6) is 28.7 Å². The fourth-order valence-electron chi connectivity index (χ4n) is 3.21. The van der Waals surface area contributed by atoms with Crippen LogP contribution >= 0.6 is 0 Å². The second-order valence-corrected chi connectivity index (χ2v) is 5.68. The molecule has 4 rings (SSSR count). The van der Waals surface area contributed by atoms with Crippen LogP contribution in [-0.4, -0.2) is 25.6 Å². The summed E-state index contributed by atoms with van der Waals surface area (Å²) in [6.45, 7) is 0.871. The van der Waals surface area contributed by atoms with Crippen molar-refractivity contribution >= 4 is 0 Å². The van der Waals surface area contributed by atoms with E-state index in [1.807, 2.05) is 18.2 Å². The van der Waals surface area contributed by atoms with Gasteiger partial charge in [0.15, 0.2) is 23.0 Å². The molecule has 2 aliphatic heterocycles. The van der Waals surface area contributed by atoms with E-state index in [1.54, 1.807) is 13.2 Å². The van der Waals surface area contributed by atoms with Gasteiger partial charge in [-0.3, -0.25) is 0 Å². The van der Waals surface area contributed by atoms with E-state index >= 15 is 0 Å². The summed E-state index contributed by atoms with van der Waals surface area (Å²) >= 11 is 0. The Hall–Kier alpha value is -2.56. The van der Waals surface area contributed by atoms with Crippen molar-refractivity contribution in [1.29, 1.82) is 0 Å². The van der Waals surface area contributed by atoms with Crippen molar-refractivity contribution in [3.63, 3.8) is 0 Å². The van der Waals surface area contributed by atoms with Gasteiger partial charge in [0.05, 0.1) is 13.7 Å². The lowest BCUT2D eigenvalue weighted by molar-refractivity contribution is 0.174. The Bertz CT molecular complexity index is 754. The minimum Gasteiger partial charge on any atom is -0.504 e. The van der Waals surface area contributed by atoms with E-state index in [4.69, 9.17) is 18.9 Å². The molecule has 120 valence electrons. The molecule has 0 atom stereocenters. The van der Waals surface area contributed by atoms with Gasteiger partial charge < -0.3 is 24.1 Å². The lowest BCUT2D eigenvalue weighted by atomic mass is 9.99. The number of methoxy groups -OCH3 is 1. The summed E-state index contributed by atoms with van der Waals surface area (Å²) in [6, 6.07) is 7.72.